The molecule has 2 N–H and O–H groups in total. The van der Waals surface area contributed by atoms with Gasteiger partial charge in [0.15, 0.2) is 12.5 Å². The van der Waals surface area contributed by atoms with Gasteiger partial charge in [-0.3, -0.25) is 9.59 Å². The number of hydrogen-bond acceptors (Lipinski definition) is 8. The number of hydrogen-bond donors (Lipinski definition) is 1. The molecule has 2 aromatic rings. The van der Waals surface area contributed by atoms with Crippen LogP contribution < -0.4 is 5.73 Å². The minimum absolute atomic E-state index is 0.0392. The Morgan fingerprint density at radius 2 is 1.40 bits per heavy atom. The van der Waals surface area contributed by atoms with Crippen LogP contribution in [0.5, 0.6) is 0 Å². The summed E-state index contributed by atoms with van der Waals surface area (Å²) in [5.74, 6) is -1.09. The third-order valence-electron chi connectivity index (χ3n) is 8.30. The number of fused-ring (bicyclic) bond motifs is 1. The molecule has 0 aliphatic carbocycles. The average molecular weight is 599 g/mol. The number of unbranched alkanes of at least 4 members (excludes halogenated alkanes) is 14. The Kier molecular flexibility index (Phi) is 13.9. The van der Waals surface area contributed by atoms with E-state index in [1.165, 1.54) is 88.1 Å². The zero-order valence-electron chi connectivity index (χ0n) is 25.7. The molecule has 10 heteroatoms. The summed E-state index contributed by atoms with van der Waals surface area (Å²) in [5.41, 5.74) is 6.19. The highest BCUT2D eigenvalue weighted by Crippen LogP contribution is 2.44. The smallest absolute Gasteiger partial charge is 0.305 e. The fraction of sp³-hybridized carbons (Fsp3) is 0.697. The number of benzene rings is 1. The Bertz CT molecular complexity index is 1100. The molecular weight excluding hydrogens is 548 g/mol. The van der Waals surface area contributed by atoms with Crippen LogP contribution >= 0.6 is 0 Å². The molecule has 2 saturated heterocycles. The Morgan fingerprint density at radius 1 is 0.814 bits per heavy atom. The summed E-state index contributed by atoms with van der Waals surface area (Å²) in [5, 5.41) is 4.15. The lowest BCUT2D eigenvalue weighted by molar-refractivity contribution is -0.168. The minimum Gasteiger partial charge on any atom is -0.463 e. The van der Waals surface area contributed by atoms with E-state index in [0.717, 1.165) is 24.8 Å². The van der Waals surface area contributed by atoms with Crippen molar-refractivity contribution in [3.63, 3.8) is 0 Å². The molecule has 0 bridgehead atoms. The maximum atomic E-state index is 12.5. The number of carbonyl (C=O) groups is 2. The van der Waals surface area contributed by atoms with Crippen molar-refractivity contribution in [3.8, 4) is 0 Å². The predicted molar refractivity (Wildman–Crippen MR) is 162 cm³/mol. The minimum atomic E-state index is -0.733. The maximum Gasteiger partial charge on any atom is 0.305 e. The number of nitrogens with two attached hydrogens (primary N) is 1. The first-order valence-corrected chi connectivity index (χ1v) is 16.4. The molecule has 4 rings (SSSR count). The van der Waals surface area contributed by atoms with E-state index >= 15 is 0 Å². The number of nitrogens with zero attached hydrogens (tertiary/aromatic N) is 3. The quantitative estimate of drug-likeness (QED) is 0.126. The number of aromatic nitrogens is 3. The van der Waals surface area contributed by atoms with E-state index < -0.39 is 36.7 Å². The molecule has 1 aromatic carbocycles. The molecule has 10 nitrogen and oxygen atoms in total. The highest BCUT2D eigenvalue weighted by Gasteiger charge is 2.54. The number of primary amides is 1. The molecule has 2 fully saturated rings. The van der Waals surface area contributed by atoms with Gasteiger partial charge in [-0.1, -0.05) is 127 Å². The second kappa shape index (κ2) is 18.1. The molecule has 43 heavy (non-hydrogen) atoms. The fourth-order valence-corrected chi connectivity index (χ4v) is 5.85. The third kappa shape index (κ3) is 10.4. The Morgan fingerprint density at radius 3 is 1.98 bits per heavy atom. The van der Waals surface area contributed by atoms with Crippen LogP contribution in [0, 0.1) is 0 Å². The van der Waals surface area contributed by atoms with Gasteiger partial charge < -0.3 is 24.7 Å². The Labute approximate surface area is 256 Å². The second-order valence-corrected chi connectivity index (χ2v) is 11.8. The van der Waals surface area contributed by atoms with Crippen molar-refractivity contribution in [2.24, 2.45) is 5.73 Å². The SMILES string of the molecule is CCCCCCCCCCCCCCCCCC(=O)OCC1O[C@@H](n2cnc(C(N)=O)n2)C2OC(c3ccccc3)OC12. The molecule has 0 radical (unpaired) electrons. The van der Waals surface area contributed by atoms with Crippen molar-refractivity contribution in [1.29, 1.82) is 0 Å². The average Bonchev–Trinajstić information content (AvgIpc) is 3.75. The zero-order chi connectivity index (χ0) is 30.3. The molecule has 1 amide bonds. The lowest BCUT2D eigenvalue weighted by Crippen LogP contribution is -2.32. The Balaban J connectivity index is 1.11. The number of ether oxygens (including phenoxy) is 4. The molecule has 1 aromatic heterocycles. The van der Waals surface area contributed by atoms with Crippen LogP contribution in [-0.4, -0.2) is 51.6 Å². The van der Waals surface area contributed by atoms with Crippen LogP contribution in [-0.2, 0) is 23.7 Å². The van der Waals surface area contributed by atoms with E-state index in [9.17, 15) is 9.59 Å². The molecule has 3 heterocycles. The Hall–Kier alpha value is -2.82. The lowest BCUT2D eigenvalue weighted by atomic mass is 10.0. The number of carbonyl (C=O) groups excluding carboxylic acids is 2. The molecule has 4 unspecified atom stereocenters. The molecule has 5 atom stereocenters. The van der Waals surface area contributed by atoms with Crippen LogP contribution in [0.25, 0.3) is 0 Å². The highest BCUT2D eigenvalue weighted by atomic mass is 16.8. The summed E-state index contributed by atoms with van der Waals surface area (Å²) < 4.78 is 25.6. The van der Waals surface area contributed by atoms with Gasteiger partial charge >= 0.3 is 5.97 Å². The van der Waals surface area contributed by atoms with Gasteiger partial charge in [-0.25, -0.2) is 9.67 Å². The number of esters is 1. The van der Waals surface area contributed by atoms with Gasteiger partial charge in [0, 0.05) is 12.0 Å². The standard InChI is InChI=1S/C33H50N4O6/c1-2-3-4-5-6-7-8-9-10-11-12-13-14-15-19-22-27(38)40-23-26-28-29(43-33(42-28)25-20-17-16-18-21-25)32(41-26)37-24-35-31(36-37)30(34)39/h16-18,20-21,24,26,28-29,32-33H,2-15,19,22-23H2,1H3,(H2,34,39)/t26?,28?,29?,32-,33?/m1/s1. The van der Waals surface area contributed by atoms with Gasteiger partial charge in [0.1, 0.15) is 31.2 Å². The number of rotatable bonds is 21. The van der Waals surface area contributed by atoms with Crippen LogP contribution in [0.4, 0.5) is 0 Å². The molecule has 0 saturated carbocycles. The highest BCUT2D eigenvalue weighted by molar-refractivity contribution is 5.88. The summed E-state index contributed by atoms with van der Waals surface area (Å²) in [6.07, 6.45) is 18.1. The van der Waals surface area contributed by atoms with Crippen molar-refractivity contribution < 1.29 is 28.5 Å². The van der Waals surface area contributed by atoms with Crippen molar-refractivity contribution >= 4 is 11.9 Å². The van der Waals surface area contributed by atoms with E-state index in [0.29, 0.717) is 6.42 Å². The van der Waals surface area contributed by atoms with Crippen LogP contribution in [0.1, 0.15) is 138 Å². The van der Waals surface area contributed by atoms with Gasteiger partial charge in [-0.05, 0) is 6.42 Å². The second-order valence-electron chi connectivity index (χ2n) is 11.8. The first kappa shape index (κ1) is 33.1. The lowest BCUT2D eigenvalue weighted by Gasteiger charge is -2.20. The summed E-state index contributed by atoms with van der Waals surface area (Å²) in [6, 6.07) is 9.60. The zero-order valence-corrected chi connectivity index (χ0v) is 25.7. The largest absolute Gasteiger partial charge is 0.463 e. The van der Waals surface area contributed by atoms with Gasteiger partial charge in [-0.2, -0.15) is 0 Å². The molecule has 0 spiro atoms. The number of amides is 1. The third-order valence-corrected chi connectivity index (χ3v) is 8.30. The van der Waals surface area contributed by atoms with Crippen molar-refractivity contribution in [1.82, 2.24) is 14.8 Å². The maximum absolute atomic E-state index is 12.5. The van der Waals surface area contributed by atoms with Gasteiger partial charge in [-0.15, -0.1) is 5.10 Å². The monoisotopic (exact) mass is 598 g/mol. The molecular formula is C33H50N4O6. The molecule has 2 aliphatic heterocycles. The van der Waals surface area contributed by atoms with Crippen LogP contribution in [0.2, 0.25) is 0 Å². The first-order valence-electron chi connectivity index (χ1n) is 16.4. The van der Waals surface area contributed by atoms with Crippen molar-refractivity contribution in [2.75, 3.05) is 6.61 Å². The van der Waals surface area contributed by atoms with Gasteiger partial charge in [0.25, 0.3) is 5.91 Å². The van der Waals surface area contributed by atoms with Gasteiger partial charge in [0.2, 0.25) is 5.82 Å². The molecule has 2 aliphatic rings. The van der Waals surface area contributed by atoms with Crippen molar-refractivity contribution in [3.05, 3.63) is 48.0 Å². The van der Waals surface area contributed by atoms with Crippen LogP contribution in [0.15, 0.2) is 36.7 Å². The van der Waals surface area contributed by atoms with Gasteiger partial charge in [0.05, 0.1) is 0 Å². The summed E-state index contributed by atoms with van der Waals surface area (Å²) >= 11 is 0. The van der Waals surface area contributed by atoms with E-state index in [1.807, 2.05) is 30.3 Å². The van der Waals surface area contributed by atoms with E-state index in [-0.39, 0.29) is 18.4 Å². The summed E-state index contributed by atoms with van der Waals surface area (Å²) in [4.78, 5) is 28.0. The van der Waals surface area contributed by atoms with E-state index in [2.05, 4.69) is 17.0 Å². The normalized spacial score (nSPS) is 23.0. The fourth-order valence-electron chi connectivity index (χ4n) is 5.85. The first-order chi connectivity index (χ1) is 21.1. The van der Waals surface area contributed by atoms with Crippen molar-refractivity contribution in [2.45, 2.75) is 140 Å². The van der Waals surface area contributed by atoms with E-state index in [1.54, 1.807) is 0 Å². The summed E-state index contributed by atoms with van der Waals surface area (Å²) in [6.45, 7) is 2.30. The predicted octanol–water partition coefficient (Wildman–Crippen LogP) is 6.56. The molecule has 238 valence electrons. The van der Waals surface area contributed by atoms with E-state index in [4.69, 9.17) is 24.7 Å². The summed E-state index contributed by atoms with van der Waals surface area (Å²) in [7, 11) is 0. The topological polar surface area (TPSA) is 128 Å². The van der Waals surface area contributed by atoms with Crippen LogP contribution in [0.3, 0.4) is 0 Å².